The average molecular weight is 464 g/mol. The number of aliphatic hydroxyl groups excluding tert-OH is 1. The zero-order valence-corrected chi connectivity index (χ0v) is 19.5. The van der Waals surface area contributed by atoms with E-state index in [1.54, 1.807) is 12.1 Å². The van der Waals surface area contributed by atoms with E-state index in [0.717, 1.165) is 11.1 Å². The van der Waals surface area contributed by atoms with Crippen molar-refractivity contribution in [2.24, 2.45) is 0 Å². The lowest BCUT2D eigenvalue weighted by atomic mass is 9.98. The lowest BCUT2D eigenvalue weighted by Crippen LogP contribution is -2.31. The van der Waals surface area contributed by atoms with Gasteiger partial charge in [-0.05, 0) is 40.8 Å². The van der Waals surface area contributed by atoms with Gasteiger partial charge < -0.3 is 29.4 Å². The number of alkyl carbamates (subject to hydrolysis) is 1. The Morgan fingerprint density at radius 2 is 1.50 bits per heavy atom. The van der Waals surface area contributed by atoms with Gasteiger partial charge in [0.25, 0.3) is 0 Å². The van der Waals surface area contributed by atoms with Crippen LogP contribution in [0.4, 0.5) is 4.79 Å². The van der Waals surface area contributed by atoms with Crippen molar-refractivity contribution in [1.82, 2.24) is 5.32 Å². The Hall–Kier alpha value is -3.71. The second kappa shape index (κ2) is 10.5. The van der Waals surface area contributed by atoms with Crippen LogP contribution in [0.3, 0.4) is 0 Å². The van der Waals surface area contributed by atoms with Crippen LogP contribution in [-0.4, -0.2) is 45.7 Å². The van der Waals surface area contributed by atoms with Crippen LogP contribution in [0.15, 0.2) is 60.7 Å². The third-order valence-corrected chi connectivity index (χ3v) is 6.16. The molecule has 0 radical (unpaired) electrons. The monoisotopic (exact) mass is 463 g/mol. The second-order valence-electron chi connectivity index (χ2n) is 7.96. The maximum Gasteiger partial charge on any atom is 0.407 e. The molecule has 0 bridgehead atoms. The molecule has 4 rings (SSSR count). The largest absolute Gasteiger partial charge is 0.493 e. The Labute approximate surface area is 199 Å². The normalized spacial score (nSPS) is 12.9. The van der Waals surface area contributed by atoms with Gasteiger partial charge in [-0.3, -0.25) is 0 Å². The highest BCUT2D eigenvalue weighted by Crippen LogP contribution is 2.45. The molecule has 0 saturated heterocycles. The molecule has 7 nitrogen and oxygen atoms in total. The SMILES string of the molecule is COc1ccc(C(CCO)NC(=O)OCC2c3ccccc3-c3ccccc32)c(OC)c1OC. The van der Waals surface area contributed by atoms with Gasteiger partial charge >= 0.3 is 6.09 Å². The van der Waals surface area contributed by atoms with Gasteiger partial charge in [-0.1, -0.05) is 48.5 Å². The number of fused-ring (bicyclic) bond motifs is 3. The molecule has 0 saturated carbocycles. The predicted octanol–water partition coefficient (Wildman–Crippen LogP) is 4.67. The quantitative estimate of drug-likeness (QED) is 0.480. The number of amides is 1. The van der Waals surface area contributed by atoms with Crippen molar-refractivity contribution in [3.05, 3.63) is 77.4 Å². The highest BCUT2D eigenvalue weighted by Gasteiger charge is 2.30. The number of hydrogen-bond donors (Lipinski definition) is 2. The van der Waals surface area contributed by atoms with Crippen molar-refractivity contribution < 1.29 is 28.8 Å². The first-order chi connectivity index (χ1) is 16.6. The molecule has 7 heteroatoms. The van der Waals surface area contributed by atoms with Gasteiger partial charge in [-0.2, -0.15) is 0 Å². The summed E-state index contributed by atoms with van der Waals surface area (Å²) in [5.74, 6) is 1.32. The van der Waals surface area contributed by atoms with E-state index in [1.165, 1.54) is 32.5 Å². The standard InChI is InChI=1S/C27H29NO6/c1-31-24-13-12-21(25(32-2)26(24)33-3)23(14-15-29)28-27(30)34-16-22-19-10-6-4-8-17(19)18-9-5-7-11-20(18)22/h4-13,22-23,29H,14-16H2,1-3H3,(H,28,30). The molecule has 1 aliphatic carbocycles. The van der Waals surface area contributed by atoms with Crippen LogP contribution in [0.2, 0.25) is 0 Å². The van der Waals surface area contributed by atoms with Gasteiger partial charge in [0.15, 0.2) is 11.5 Å². The minimum atomic E-state index is -0.572. The maximum absolute atomic E-state index is 12.8. The summed E-state index contributed by atoms with van der Waals surface area (Å²) in [6.45, 7) is 0.0700. The van der Waals surface area contributed by atoms with E-state index in [4.69, 9.17) is 18.9 Å². The van der Waals surface area contributed by atoms with Crippen LogP contribution in [0.25, 0.3) is 11.1 Å². The highest BCUT2D eigenvalue weighted by molar-refractivity contribution is 5.79. The van der Waals surface area contributed by atoms with Crippen LogP contribution < -0.4 is 19.5 Å². The van der Waals surface area contributed by atoms with E-state index in [0.29, 0.717) is 22.8 Å². The summed E-state index contributed by atoms with van der Waals surface area (Å²) < 4.78 is 22.0. The summed E-state index contributed by atoms with van der Waals surface area (Å²) in [6.07, 6.45) is -0.298. The van der Waals surface area contributed by atoms with Crippen molar-refractivity contribution in [2.75, 3.05) is 34.5 Å². The van der Waals surface area contributed by atoms with Gasteiger partial charge in [0.1, 0.15) is 6.61 Å². The third kappa shape index (κ3) is 4.39. The Bertz CT molecular complexity index is 1120. The molecule has 1 aliphatic rings. The fraction of sp³-hybridized carbons (Fsp3) is 0.296. The Morgan fingerprint density at radius 1 is 0.882 bits per heavy atom. The van der Waals surface area contributed by atoms with Crippen LogP contribution in [0.1, 0.15) is 35.1 Å². The fourth-order valence-corrected chi connectivity index (χ4v) is 4.62. The van der Waals surface area contributed by atoms with Gasteiger partial charge in [0, 0.05) is 18.1 Å². The minimum absolute atomic E-state index is 0.0370. The van der Waals surface area contributed by atoms with E-state index in [2.05, 4.69) is 29.6 Å². The van der Waals surface area contributed by atoms with Gasteiger partial charge in [0.2, 0.25) is 5.75 Å². The number of aliphatic hydroxyl groups is 1. The summed E-state index contributed by atoms with van der Waals surface area (Å²) >= 11 is 0. The number of carbonyl (C=O) groups is 1. The lowest BCUT2D eigenvalue weighted by molar-refractivity contribution is 0.136. The number of benzene rings is 3. The molecule has 0 fully saturated rings. The van der Waals surface area contributed by atoms with Gasteiger partial charge in [0.05, 0.1) is 27.4 Å². The lowest BCUT2D eigenvalue weighted by Gasteiger charge is -2.23. The van der Waals surface area contributed by atoms with E-state index >= 15 is 0 Å². The Kier molecular flexibility index (Phi) is 7.23. The molecule has 0 aliphatic heterocycles. The predicted molar refractivity (Wildman–Crippen MR) is 129 cm³/mol. The number of rotatable bonds is 9. The zero-order valence-electron chi connectivity index (χ0n) is 19.5. The molecular weight excluding hydrogens is 434 g/mol. The van der Waals surface area contributed by atoms with Crippen LogP contribution in [-0.2, 0) is 4.74 Å². The molecule has 3 aromatic carbocycles. The van der Waals surface area contributed by atoms with E-state index in [9.17, 15) is 9.90 Å². The first-order valence-electron chi connectivity index (χ1n) is 11.1. The Morgan fingerprint density at radius 3 is 2.06 bits per heavy atom. The fourth-order valence-electron chi connectivity index (χ4n) is 4.62. The molecule has 3 aromatic rings. The maximum atomic E-state index is 12.8. The first-order valence-corrected chi connectivity index (χ1v) is 11.1. The minimum Gasteiger partial charge on any atom is -0.493 e. The van der Waals surface area contributed by atoms with Crippen LogP contribution >= 0.6 is 0 Å². The molecule has 0 heterocycles. The van der Waals surface area contributed by atoms with Crippen molar-refractivity contribution in [3.8, 4) is 28.4 Å². The summed E-state index contributed by atoms with van der Waals surface area (Å²) in [5, 5.41) is 12.5. The summed E-state index contributed by atoms with van der Waals surface area (Å²) in [7, 11) is 4.57. The average Bonchev–Trinajstić information content (AvgIpc) is 3.19. The summed E-state index contributed by atoms with van der Waals surface area (Å²) in [4.78, 5) is 12.8. The van der Waals surface area contributed by atoms with Crippen LogP contribution in [0, 0.1) is 0 Å². The van der Waals surface area contributed by atoms with Crippen molar-refractivity contribution in [2.45, 2.75) is 18.4 Å². The van der Waals surface area contributed by atoms with E-state index in [1.807, 2.05) is 24.3 Å². The van der Waals surface area contributed by atoms with E-state index in [-0.39, 0.29) is 25.6 Å². The van der Waals surface area contributed by atoms with Gasteiger partial charge in [-0.15, -0.1) is 0 Å². The second-order valence-corrected chi connectivity index (χ2v) is 7.96. The molecular formula is C27H29NO6. The molecule has 0 spiro atoms. The third-order valence-electron chi connectivity index (χ3n) is 6.16. The summed E-state index contributed by atoms with van der Waals surface area (Å²) in [5.41, 5.74) is 5.28. The van der Waals surface area contributed by atoms with Crippen molar-refractivity contribution in [1.29, 1.82) is 0 Å². The molecule has 1 atom stereocenters. The zero-order chi connectivity index (χ0) is 24.1. The van der Waals surface area contributed by atoms with Crippen molar-refractivity contribution in [3.63, 3.8) is 0 Å². The van der Waals surface area contributed by atoms with Crippen molar-refractivity contribution >= 4 is 6.09 Å². The number of hydrogen-bond acceptors (Lipinski definition) is 6. The summed E-state index contributed by atoms with van der Waals surface area (Å²) in [6, 6.07) is 19.3. The molecule has 178 valence electrons. The molecule has 2 N–H and O–H groups in total. The molecule has 1 unspecified atom stereocenters. The van der Waals surface area contributed by atoms with Crippen LogP contribution in [0.5, 0.6) is 17.2 Å². The number of methoxy groups -OCH3 is 3. The smallest absolute Gasteiger partial charge is 0.407 e. The first kappa shape index (κ1) is 23.4. The molecule has 34 heavy (non-hydrogen) atoms. The number of carbonyl (C=O) groups excluding carboxylic acids is 1. The van der Waals surface area contributed by atoms with E-state index < -0.39 is 12.1 Å². The number of ether oxygens (including phenoxy) is 4. The topological polar surface area (TPSA) is 86.3 Å². The molecule has 1 amide bonds. The van der Waals surface area contributed by atoms with Gasteiger partial charge in [-0.25, -0.2) is 4.79 Å². The number of nitrogens with one attached hydrogen (secondary N) is 1. The Balaban J connectivity index is 1.52. The highest BCUT2D eigenvalue weighted by atomic mass is 16.5. The molecule has 0 aromatic heterocycles.